The first-order valence-corrected chi connectivity index (χ1v) is 12.4. The van der Waals surface area contributed by atoms with Gasteiger partial charge in [0.15, 0.2) is 5.70 Å². The molecule has 1 saturated carbocycles. The molecule has 180 valence electrons. The van der Waals surface area contributed by atoms with Crippen LogP contribution in [0.1, 0.15) is 44.1 Å². The average Bonchev–Trinajstić information content (AvgIpc) is 3.42. The van der Waals surface area contributed by atoms with E-state index in [1.807, 2.05) is 72.8 Å². The second-order valence-corrected chi connectivity index (χ2v) is 9.58. The maximum atomic E-state index is 13.7. The van der Waals surface area contributed by atoms with Gasteiger partial charge in [-0.05, 0) is 73.6 Å². The largest absolute Gasteiger partial charge is 0.510 e. The minimum absolute atomic E-state index is 0.0664. The molecule has 2 N–H and O–H groups in total. The number of rotatable bonds is 7. The maximum absolute atomic E-state index is 13.7. The number of benzene rings is 3. The Balaban J connectivity index is 1.52. The van der Waals surface area contributed by atoms with E-state index in [4.69, 9.17) is 4.74 Å². The van der Waals surface area contributed by atoms with Crippen molar-refractivity contribution in [1.82, 2.24) is 0 Å². The molecule has 0 amide bonds. The summed E-state index contributed by atoms with van der Waals surface area (Å²) in [5.41, 5.74) is 1.97. The van der Waals surface area contributed by atoms with Crippen molar-refractivity contribution < 1.29 is 19.7 Å². The predicted molar refractivity (Wildman–Crippen MR) is 137 cm³/mol. The van der Waals surface area contributed by atoms with E-state index in [2.05, 4.69) is 0 Å². The molecule has 5 heteroatoms. The Morgan fingerprint density at radius 3 is 2.06 bits per heavy atom. The number of phenols is 1. The zero-order valence-electron chi connectivity index (χ0n) is 19.8. The quantitative estimate of drug-likeness (QED) is 0.372. The van der Waals surface area contributed by atoms with Crippen LogP contribution >= 0.6 is 0 Å². The molecule has 0 unspecified atom stereocenters. The summed E-state index contributed by atoms with van der Waals surface area (Å²) < 4.78 is 6.36. The Morgan fingerprint density at radius 1 is 0.857 bits per heavy atom. The summed E-state index contributed by atoms with van der Waals surface area (Å²) in [4.78, 5) is 15.5. The van der Waals surface area contributed by atoms with Gasteiger partial charge in [-0.25, -0.2) is 4.79 Å². The van der Waals surface area contributed by atoms with E-state index in [0.717, 1.165) is 42.6 Å². The molecule has 1 heterocycles. The Morgan fingerprint density at radius 2 is 1.49 bits per heavy atom. The molecule has 2 aliphatic rings. The van der Waals surface area contributed by atoms with Crippen molar-refractivity contribution in [2.24, 2.45) is 5.92 Å². The van der Waals surface area contributed by atoms with Crippen molar-refractivity contribution in [1.29, 1.82) is 0 Å². The number of carbonyl (C=O) groups excluding carboxylic acids is 1. The summed E-state index contributed by atoms with van der Waals surface area (Å²) in [5, 5.41) is 21.4. The highest BCUT2D eigenvalue weighted by molar-refractivity contribution is 5.97. The van der Waals surface area contributed by atoms with E-state index >= 15 is 0 Å². The highest BCUT2D eigenvalue weighted by atomic mass is 16.6. The number of aliphatic hydroxyl groups is 1. The molecule has 3 aromatic carbocycles. The number of cyclic esters (lactones) is 1. The number of phenolic OH excluding ortho intramolecular Hbond substituents is 1. The fourth-order valence-electron chi connectivity index (χ4n) is 5.63. The zero-order valence-corrected chi connectivity index (χ0v) is 19.8. The van der Waals surface area contributed by atoms with Crippen molar-refractivity contribution in [2.75, 3.05) is 4.90 Å². The second kappa shape index (κ2) is 9.87. The SMILES string of the molecule is O=C1O[C@](CCc2cccc(O)c2)(C2CCCC2)CC(O)=C1N(c1ccccc1)c1ccccc1. The Labute approximate surface area is 206 Å². The summed E-state index contributed by atoms with van der Waals surface area (Å²) >= 11 is 0. The Kier molecular flexibility index (Phi) is 6.49. The van der Waals surface area contributed by atoms with Crippen molar-refractivity contribution in [2.45, 2.75) is 50.5 Å². The summed E-state index contributed by atoms with van der Waals surface area (Å²) in [7, 11) is 0. The van der Waals surface area contributed by atoms with Crippen molar-refractivity contribution >= 4 is 17.3 Å². The number of para-hydroxylation sites is 2. The number of anilines is 2. The number of aromatic hydroxyl groups is 1. The van der Waals surface area contributed by atoms with Gasteiger partial charge in [0.2, 0.25) is 0 Å². The van der Waals surface area contributed by atoms with Crippen LogP contribution in [0.4, 0.5) is 11.4 Å². The zero-order chi connectivity index (χ0) is 24.3. The van der Waals surface area contributed by atoms with Gasteiger partial charge in [-0.2, -0.15) is 0 Å². The smallest absolute Gasteiger partial charge is 0.359 e. The minimum atomic E-state index is -0.758. The van der Waals surface area contributed by atoms with E-state index in [-0.39, 0.29) is 29.5 Å². The first kappa shape index (κ1) is 23.0. The van der Waals surface area contributed by atoms with Gasteiger partial charge in [-0.15, -0.1) is 0 Å². The number of aryl methyl sites for hydroxylation is 1. The number of hydrogen-bond acceptors (Lipinski definition) is 5. The first-order valence-electron chi connectivity index (χ1n) is 12.4. The molecule has 1 atom stereocenters. The third-order valence-electron chi connectivity index (χ3n) is 7.33. The standard InChI is InChI=1S/C30H31NO4/c32-26-17-9-10-22(20-26)18-19-30(23-11-7-8-12-23)21-27(33)28(29(34)35-30)31(24-13-3-1-4-14-24)25-15-5-2-6-16-25/h1-6,9-10,13-17,20,23,32-33H,7-8,11-12,18-19,21H2/t30-/m0/s1. The molecule has 0 bridgehead atoms. The van der Waals surface area contributed by atoms with Gasteiger partial charge in [0.05, 0.1) is 0 Å². The van der Waals surface area contributed by atoms with Gasteiger partial charge < -0.3 is 19.8 Å². The van der Waals surface area contributed by atoms with Gasteiger partial charge >= 0.3 is 5.97 Å². The third-order valence-corrected chi connectivity index (χ3v) is 7.33. The van der Waals surface area contributed by atoms with Crippen LogP contribution < -0.4 is 4.90 Å². The van der Waals surface area contributed by atoms with Crippen molar-refractivity contribution in [3.8, 4) is 5.75 Å². The number of hydrogen-bond donors (Lipinski definition) is 2. The molecule has 0 radical (unpaired) electrons. The van der Waals surface area contributed by atoms with Gasteiger partial charge in [-0.3, -0.25) is 0 Å². The van der Waals surface area contributed by atoms with E-state index in [9.17, 15) is 15.0 Å². The Bertz CT molecular complexity index is 1160. The molecular weight excluding hydrogens is 438 g/mol. The molecule has 1 fully saturated rings. The van der Waals surface area contributed by atoms with Gasteiger partial charge in [0, 0.05) is 17.8 Å². The van der Waals surface area contributed by atoms with Crippen LogP contribution in [0.5, 0.6) is 5.75 Å². The van der Waals surface area contributed by atoms with Crippen LogP contribution in [0.15, 0.2) is 96.4 Å². The van der Waals surface area contributed by atoms with E-state index < -0.39 is 11.6 Å². The molecule has 5 nitrogen and oxygen atoms in total. The average molecular weight is 470 g/mol. The lowest BCUT2D eigenvalue weighted by Gasteiger charge is -2.43. The van der Waals surface area contributed by atoms with E-state index in [1.165, 1.54) is 0 Å². The summed E-state index contributed by atoms with van der Waals surface area (Å²) in [6.07, 6.45) is 5.71. The van der Waals surface area contributed by atoms with Gasteiger partial charge in [-0.1, -0.05) is 61.4 Å². The number of esters is 1. The monoisotopic (exact) mass is 469 g/mol. The summed E-state index contributed by atoms with van der Waals surface area (Å²) in [6, 6.07) is 26.4. The fraction of sp³-hybridized carbons (Fsp3) is 0.300. The molecular formula is C30H31NO4. The molecule has 0 aromatic heterocycles. The Hall–Kier alpha value is -3.73. The van der Waals surface area contributed by atoms with Crippen LogP contribution in [0.2, 0.25) is 0 Å². The highest BCUT2D eigenvalue weighted by Gasteiger charge is 2.49. The maximum Gasteiger partial charge on any atom is 0.359 e. The summed E-state index contributed by atoms with van der Waals surface area (Å²) in [5.74, 6) is -0.000150. The number of nitrogens with zero attached hydrogens (tertiary/aromatic N) is 1. The number of carbonyl (C=O) groups is 1. The van der Waals surface area contributed by atoms with Crippen LogP contribution in [-0.4, -0.2) is 21.8 Å². The minimum Gasteiger partial charge on any atom is -0.510 e. The normalized spacial score (nSPS) is 20.6. The molecule has 1 aliphatic heterocycles. The van der Waals surface area contributed by atoms with Crippen molar-refractivity contribution in [3.05, 3.63) is 102 Å². The third kappa shape index (κ3) is 4.76. The molecule has 0 spiro atoms. The molecule has 0 saturated heterocycles. The summed E-state index contributed by atoms with van der Waals surface area (Å²) in [6.45, 7) is 0. The van der Waals surface area contributed by atoms with E-state index in [1.54, 1.807) is 17.0 Å². The highest BCUT2D eigenvalue weighted by Crippen LogP contribution is 2.47. The fourth-order valence-corrected chi connectivity index (χ4v) is 5.63. The molecule has 1 aliphatic carbocycles. The number of ether oxygens (including phenoxy) is 1. The number of aliphatic hydroxyl groups excluding tert-OH is 1. The molecule has 35 heavy (non-hydrogen) atoms. The van der Waals surface area contributed by atoms with Gasteiger partial charge in [0.25, 0.3) is 0 Å². The second-order valence-electron chi connectivity index (χ2n) is 9.58. The van der Waals surface area contributed by atoms with Crippen LogP contribution in [0.25, 0.3) is 0 Å². The molecule has 3 aromatic rings. The molecule has 5 rings (SSSR count). The lowest BCUT2D eigenvalue weighted by Crippen LogP contribution is -2.48. The van der Waals surface area contributed by atoms with Crippen LogP contribution in [-0.2, 0) is 16.0 Å². The lowest BCUT2D eigenvalue weighted by atomic mass is 9.77. The van der Waals surface area contributed by atoms with E-state index in [0.29, 0.717) is 12.8 Å². The van der Waals surface area contributed by atoms with Crippen LogP contribution in [0, 0.1) is 5.92 Å². The van der Waals surface area contributed by atoms with Gasteiger partial charge in [0.1, 0.15) is 17.1 Å². The lowest BCUT2D eigenvalue weighted by molar-refractivity contribution is -0.167. The van der Waals surface area contributed by atoms with Crippen LogP contribution in [0.3, 0.4) is 0 Å². The van der Waals surface area contributed by atoms with Crippen molar-refractivity contribution in [3.63, 3.8) is 0 Å². The first-order chi connectivity index (χ1) is 17.1. The topological polar surface area (TPSA) is 70.0 Å². The predicted octanol–water partition coefficient (Wildman–Crippen LogP) is 6.81.